The highest BCUT2D eigenvalue weighted by Crippen LogP contribution is 2.26. The smallest absolute Gasteiger partial charge is 0.143 e. The predicted molar refractivity (Wildman–Crippen MR) is 64.6 cm³/mol. The average molecular weight is 292 g/mol. The Kier molecular flexibility index (Phi) is 3.83. The van der Waals surface area contributed by atoms with Gasteiger partial charge in [0.15, 0.2) is 0 Å². The third kappa shape index (κ3) is 2.83. The van der Waals surface area contributed by atoms with Crippen LogP contribution in [0, 0.1) is 0 Å². The summed E-state index contributed by atoms with van der Waals surface area (Å²) in [5.41, 5.74) is 0. The first-order chi connectivity index (χ1) is 7.27. The largest absolute Gasteiger partial charge is 0.380 e. The summed E-state index contributed by atoms with van der Waals surface area (Å²) in [7, 11) is 0. The Morgan fingerprint density at radius 2 is 2.27 bits per heavy atom. The van der Waals surface area contributed by atoms with Crippen LogP contribution in [0.5, 0.6) is 0 Å². The lowest BCUT2D eigenvalue weighted by Crippen LogP contribution is -2.27. The van der Waals surface area contributed by atoms with Gasteiger partial charge in [-0.15, -0.1) is 0 Å². The molecule has 1 aromatic heterocycles. The fourth-order valence-electron chi connectivity index (χ4n) is 1.60. The number of ether oxygens (including phenoxy) is 1. The van der Waals surface area contributed by atoms with Crippen molar-refractivity contribution < 1.29 is 4.74 Å². The van der Waals surface area contributed by atoms with Gasteiger partial charge in [-0.05, 0) is 28.4 Å². The molecule has 1 fully saturated rings. The molecule has 1 aromatic rings. The number of hydrogen-bond donors (Lipinski definition) is 0. The molecule has 0 bridgehead atoms. The van der Waals surface area contributed by atoms with Crippen LogP contribution in [-0.2, 0) is 4.74 Å². The minimum atomic E-state index is 0.650. The van der Waals surface area contributed by atoms with Gasteiger partial charge in [0.2, 0.25) is 0 Å². The Morgan fingerprint density at radius 3 is 3.07 bits per heavy atom. The number of aromatic nitrogens is 1. The zero-order valence-corrected chi connectivity index (χ0v) is 10.6. The van der Waals surface area contributed by atoms with E-state index in [-0.39, 0.29) is 0 Å². The second kappa shape index (κ2) is 5.14. The van der Waals surface area contributed by atoms with E-state index < -0.39 is 0 Å². The van der Waals surface area contributed by atoms with Gasteiger partial charge in [-0.3, -0.25) is 0 Å². The highest BCUT2D eigenvalue weighted by atomic mass is 79.9. The normalized spacial score (nSPS) is 17.6. The van der Waals surface area contributed by atoms with Crippen molar-refractivity contribution in [1.82, 2.24) is 4.98 Å². The van der Waals surface area contributed by atoms with E-state index in [1.54, 1.807) is 6.20 Å². The quantitative estimate of drug-likeness (QED) is 0.795. The van der Waals surface area contributed by atoms with Crippen molar-refractivity contribution in [1.29, 1.82) is 0 Å². The van der Waals surface area contributed by atoms with Crippen molar-refractivity contribution in [3.63, 3.8) is 0 Å². The molecular weight excluding hydrogens is 279 g/mol. The van der Waals surface area contributed by atoms with Gasteiger partial charge < -0.3 is 9.64 Å². The molecule has 2 heterocycles. The van der Waals surface area contributed by atoms with E-state index in [0.29, 0.717) is 5.02 Å². The van der Waals surface area contributed by atoms with Crippen LogP contribution in [-0.4, -0.2) is 31.3 Å². The van der Waals surface area contributed by atoms with E-state index >= 15 is 0 Å². The maximum absolute atomic E-state index is 5.85. The van der Waals surface area contributed by atoms with Gasteiger partial charge in [-0.25, -0.2) is 4.98 Å². The third-order valence-electron chi connectivity index (χ3n) is 2.31. The Morgan fingerprint density at radius 1 is 1.40 bits per heavy atom. The highest BCUT2D eigenvalue weighted by molar-refractivity contribution is 9.10. The Bertz CT molecular complexity index is 340. The Balaban J connectivity index is 2.19. The summed E-state index contributed by atoms with van der Waals surface area (Å²) in [5, 5.41) is 0.650. The first kappa shape index (κ1) is 11.2. The van der Waals surface area contributed by atoms with Gasteiger partial charge >= 0.3 is 0 Å². The molecule has 15 heavy (non-hydrogen) atoms. The van der Waals surface area contributed by atoms with E-state index in [0.717, 1.165) is 43.0 Å². The molecule has 0 N–H and O–H groups in total. The van der Waals surface area contributed by atoms with Gasteiger partial charge in [0.25, 0.3) is 0 Å². The number of rotatable bonds is 1. The lowest BCUT2D eigenvalue weighted by molar-refractivity contribution is 0.152. The fraction of sp³-hybridized carbons (Fsp3) is 0.500. The Hall–Kier alpha value is -0.320. The molecule has 1 saturated heterocycles. The van der Waals surface area contributed by atoms with Crippen LogP contribution in [0.3, 0.4) is 0 Å². The van der Waals surface area contributed by atoms with Crippen molar-refractivity contribution in [2.24, 2.45) is 0 Å². The molecule has 82 valence electrons. The summed E-state index contributed by atoms with van der Waals surface area (Å²) in [6.07, 6.45) is 2.71. The van der Waals surface area contributed by atoms with Crippen LogP contribution in [0.15, 0.2) is 16.7 Å². The van der Waals surface area contributed by atoms with Crippen LogP contribution in [0.1, 0.15) is 6.42 Å². The molecule has 0 atom stereocenters. The number of pyridine rings is 1. The van der Waals surface area contributed by atoms with Gasteiger partial charge in [-0.1, -0.05) is 11.6 Å². The minimum Gasteiger partial charge on any atom is -0.380 e. The maximum Gasteiger partial charge on any atom is 0.143 e. The molecule has 1 aliphatic rings. The number of halogens is 2. The number of anilines is 1. The highest BCUT2D eigenvalue weighted by Gasteiger charge is 2.14. The topological polar surface area (TPSA) is 25.4 Å². The predicted octanol–water partition coefficient (Wildman–Crippen LogP) is 2.72. The SMILES string of the molecule is Clc1cnc(N2CCCOCC2)c(Br)c1. The van der Waals surface area contributed by atoms with Crippen LogP contribution >= 0.6 is 27.5 Å². The van der Waals surface area contributed by atoms with Crippen molar-refractivity contribution >= 4 is 33.3 Å². The molecule has 5 heteroatoms. The lowest BCUT2D eigenvalue weighted by Gasteiger charge is -2.21. The summed E-state index contributed by atoms with van der Waals surface area (Å²) in [6, 6.07) is 1.87. The summed E-state index contributed by atoms with van der Waals surface area (Å²) >= 11 is 9.33. The van der Waals surface area contributed by atoms with E-state index in [4.69, 9.17) is 16.3 Å². The zero-order chi connectivity index (χ0) is 10.7. The summed E-state index contributed by atoms with van der Waals surface area (Å²) < 4.78 is 6.34. The second-order valence-corrected chi connectivity index (χ2v) is 4.70. The van der Waals surface area contributed by atoms with Gasteiger partial charge in [0.1, 0.15) is 5.82 Å². The summed E-state index contributed by atoms with van der Waals surface area (Å²) in [6.45, 7) is 3.46. The molecule has 0 saturated carbocycles. The van der Waals surface area contributed by atoms with Gasteiger partial charge in [-0.2, -0.15) is 0 Å². The van der Waals surface area contributed by atoms with E-state index in [1.807, 2.05) is 6.07 Å². The van der Waals surface area contributed by atoms with Crippen molar-refractivity contribution in [3.8, 4) is 0 Å². The maximum atomic E-state index is 5.85. The van der Waals surface area contributed by atoms with E-state index in [1.165, 1.54) is 0 Å². The third-order valence-corrected chi connectivity index (χ3v) is 3.10. The molecule has 3 nitrogen and oxygen atoms in total. The molecule has 0 radical (unpaired) electrons. The van der Waals surface area contributed by atoms with Gasteiger partial charge in [0, 0.05) is 25.9 Å². The molecule has 0 unspecified atom stereocenters. The summed E-state index contributed by atoms with van der Waals surface area (Å²) in [4.78, 5) is 6.55. The molecule has 0 spiro atoms. The van der Waals surface area contributed by atoms with Crippen molar-refractivity contribution in [2.45, 2.75) is 6.42 Å². The summed E-state index contributed by atoms with van der Waals surface area (Å²) in [5.74, 6) is 0.949. The van der Waals surface area contributed by atoms with Crippen molar-refractivity contribution in [3.05, 3.63) is 21.8 Å². The van der Waals surface area contributed by atoms with Crippen LogP contribution in [0.25, 0.3) is 0 Å². The van der Waals surface area contributed by atoms with Crippen LogP contribution in [0.2, 0.25) is 5.02 Å². The lowest BCUT2D eigenvalue weighted by atomic mass is 10.3. The Labute approximate surface area is 103 Å². The number of hydrogen-bond acceptors (Lipinski definition) is 3. The molecule has 0 aliphatic carbocycles. The minimum absolute atomic E-state index is 0.650. The van der Waals surface area contributed by atoms with Crippen molar-refractivity contribution in [2.75, 3.05) is 31.2 Å². The first-order valence-electron chi connectivity index (χ1n) is 4.91. The standard InChI is InChI=1S/C10H12BrClN2O/c11-9-6-8(12)7-13-10(9)14-2-1-4-15-5-3-14/h6-7H,1-5H2. The molecule has 0 amide bonds. The number of nitrogens with zero attached hydrogens (tertiary/aromatic N) is 2. The fourth-order valence-corrected chi connectivity index (χ4v) is 2.49. The zero-order valence-electron chi connectivity index (χ0n) is 8.25. The van der Waals surface area contributed by atoms with Crippen LogP contribution < -0.4 is 4.90 Å². The molecule has 0 aromatic carbocycles. The monoisotopic (exact) mass is 290 g/mol. The second-order valence-electron chi connectivity index (χ2n) is 3.41. The average Bonchev–Trinajstić information content (AvgIpc) is 2.46. The molecule has 2 rings (SSSR count). The molecular formula is C10H12BrClN2O. The van der Waals surface area contributed by atoms with Crippen LogP contribution in [0.4, 0.5) is 5.82 Å². The van der Waals surface area contributed by atoms with E-state index in [9.17, 15) is 0 Å². The molecule has 1 aliphatic heterocycles. The first-order valence-corrected chi connectivity index (χ1v) is 6.08. The van der Waals surface area contributed by atoms with Gasteiger partial charge in [0.05, 0.1) is 16.1 Å². The van der Waals surface area contributed by atoms with E-state index in [2.05, 4.69) is 25.8 Å².